The lowest BCUT2D eigenvalue weighted by atomic mass is 10.0. The van der Waals surface area contributed by atoms with Crippen LogP contribution in [-0.2, 0) is 11.2 Å². The van der Waals surface area contributed by atoms with Gasteiger partial charge in [0.1, 0.15) is 0 Å². The molecule has 1 heterocycles. The molecule has 7 heteroatoms. The lowest BCUT2D eigenvalue weighted by molar-refractivity contribution is -0.118. The van der Waals surface area contributed by atoms with E-state index in [0.29, 0.717) is 23.9 Å². The molecule has 0 atom stereocenters. The molecule has 0 aliphatic rings. The van der Waals surface area contributed by atoms with E-state index in [1.807, 2.05) is 25.1 Å². The van der Waals surface area contributed by atoms with Gasteiger partial charge >= 0.3 is 0 Å². The number of nitrogens with one attached hydrogen (secondary N) is 1. The number of amides is 1. The molecule has 2 aromatic carbocycles. The highest BCUT2D eigenvalue weighted by atomic mass is 32.2. The largest absolute Gasteiger partial charge is 0.356 e. The number of benzene rings is 2. The van der Waals surface area contributed by atoms with E-state index < -0.39 is 0 Å². The highest BCUT2D eigenvalue weighted by Crippen LogP contribution is 2.22. The number of hydrogen-bond donors (Lipinski definition) is 2. The molecule has 6 nitrogen and oxygen atoms in total. The standard InChI is InChI=1S/C17H19N5OS/c1-2-19-16(23)11-24-17-21-20-15(22(17)18)10-13-8-5-7-12-6-3-4-9-14(12)13/h3-9H,2,10-11,18H2,1H3,(H,19,23). The number of nitrogens with zero attached hydrogens (tertiary/aromatic N) is 3. The smallest absolute Gasteiger partial charge is 0.230 e. The Balaban J connectivity index is 1.77. The summed E-state index contributed by atoms with van der Waals surface area (Å²) in [6, 6.07) is 14.4. The fourth-order valence-electron chi connectivity index (χ4n) is 2.52. The molecule has 0 spiro atoms. The van der Waals surface area contributed by atoms with Crippen molar-refractivity contribution in [2.24, 2.45) is 0 Å². The summed E-state index contributed by atoms with van der Waals surface area (Å²) >= 11 is 1.28. The molecule has 0 aliphatic carbocycles. The van der Waals surface area contributed by atoms with Crippen molar-refractivity contribution >= 4 is 28.4 Å². The normalized spacial score (nSPS) is 10.9. The van der Waals surface area contributed by atoms with Crippen molar-refractivity contribution in [3.05, 3.63) is 53.9 Å². The lowest BCUT2D eigenvalue weighted by Gasteiger charge is -2.07. The molecule has 1 aromatic heterocycles. The van der Waals surface area contributed by atoms with Gasteiger partial charge in [0.25, 0.3) is 0 Å². The van der Waals surface area contributed by atoms with E-state index in [2.05, 4.69) is 39.8 Å². The summed E-state index contributed by atoms with van der Waals surface area (Å²) in [6.07, 6.45) is 0.590. The second-order valence-electron chi connectivity index (χ2n) is 5.33. The Morgan fingerprint density at radius 2 is 2.00 bits per heavy atom. The molecule has 0 radical (unpaired) electrons. The van der Waals surface area contributed by atoms with Crippen LogP contribution in [0.4, 0.5) is 0 Å². The number of carbonyl (C=O) groups is 1. The molecule has 124 valence electrons. The molecule has 3 rings (SSSR count). The Bertz CT molecular complexity index is 856. The molecule has 0 saturated heterocycles. The van der Waals surface area contributed by atoms with Gasteiger partial charge in [-0.3, -0.25) is 4.79 Å². The number of fused-ring (bicyclic) bond motifs is 1. The van der Waals surface area contributed by atoms with Crippen molar-refractivity contribution in [1.82, 2.24) is 20.2 Å². The number of nitrogen functional groups attached to an aromatic ring is 1. The van der Waals surface area contributed by atoms with Crippen LogP contribution in [0.2, 0.25) is 0 Å². The highest BCUT2D eigenvalue weighted by Gasteiger charge is 2.13. The Morgan fingerprint density at radius 1 is 1.21 bits per heavy atom. The molecule has 1 amide bonds. The van der Waals surface area contributed by atoms with E-state index in [4.69, 9.17) is 5.84 Å². The van der Waals surface area contributed by atoms with Crippen LogP contribution in [0.1, 0.15) is 18.3 Å². The quantitative estimate of drug-likeness (QED) is 0.529. The van der Waals surface area contributed by atoms with Crippen molar-refractivity contribution in [2.45, 2.75) is 18.5 Å². The minimum Gasteiger partial charge on any atom is -0.356 e. The fraction of sp³-hybridized carbons (Fsp3) is 0.235. The van der Waals surface area contributed by atoms with Crippen molar-refractivity contribution in [3.63, 3.8) is 0 Å². The van der Waals surface area contributed by atoms with E-state index in [9.17, 15) is 4.79 Å². The van der Waals surface area contributed by atoms with E-state index in [1.54, 1.807) is 0 Å². The van der Waals surface area contributed by atoms with Crippen LogP contribution in [0.15, 0.2) is 47.6 Å². The Kier molecular flexibility index (Phi) is 5.00. The van der Waals surface area contributed by atoms with Crippen LogP contribution in [-0.4, -0.2) is 33.1 Å². The van der Waals surface area contributed by atoms with E-state index in [0.717, 1.165) is 5.56 Å². The van der Waals surface area contributed by atoms with Crippen LogP contribution in [0.3, 0.4) is 0 Å². The molecule has 3 N–H and O–H groups in total. The summed E-state index contributed by atoms with van der Waals surface area (Å²) in [7, 11) is 0. The number of hydrogen-bond acceptors (Lipinski definition) is 5. The Hall–Kier alpha value is -2.54. The van der Waals surface area contributed by atoms with Crippen LogP contribution in [0.5, 0.6) is 0 Å². The number of carbonyl (C=O) groups excluding carboxylic acids is 1. The third kappa shape index (κ3) is 3.51. The monoisotopic (exact) mass is 341 g/mol. The van der Waals surface area contributed by atoms with Gasteiger partial charge in [0.05, 0.1) is 5.75 Å². The maximum Gasteiger partial charge on any atom is 0.230 e. The van der Waals surface area contributed by atoms with Crippen LogP contribution in [0, 0.1) is 0 Å². The van der Waals surface area contributed by atoms with Gasteiger partial charge in [-0.2, -0.15) is 0 Å². The summed E-state index contributed by atoms with van der Waals surface area (Å²) < 4.78 is 1.46. The summed E-state index contributed by atoms with van der Waals surface area (Å²) in [4.78, 5) is 11.5. The molecule has 0 bridgehead atoms. The topological polar surface area (TPSA) is 85.8 Å². The zero-order valence-corrected chi connectivity index (χ0v) is 14.2. The maximum atomic E-state index is 11.5. The Labute approximate surface area is 144 Å². The summed E-state index contributed by atoms with van der Waals surface area (Å²) in [5.41, 5.74) is 1.15. The average molecular weight is 341 g/mol. The maximum absolute atomic E-state index is 11.5. The van der Waals surface area contributed by atoms with Gasteiger partial charge in [0.2, 0.25) is 11.1 Å². The van der Waals surface area contributed by atoms with Gasteiger partial charge in [-0.1, -0.05) is 54.2 Å². The zero-order valence-electron chi connectivity index (χ0n) is 13.4. The van der Waals surface area contributed by atoms with Gasteiger partial charge in [0, 0.05) is 13.0 Å². The second kappa shape index (κ2) is 7.35. The molecule has 0 fully saturated rings. The average Bonchev–Trinajstić information content (AvgIpc) is 2.94. The zero-order chi connectivity index (χ0) is 16.9. The van der Waals surface area contributed by atoms with Gasteiger partial charge in [-0.15, -0.1) is 10.2 Å². The number of aromatic nitrogens is 3. The van der Waals surface area contributed by atoms with Crippen LogP contribution >= 0.6 is 11.8 Å². The third-order valence-corrected chi connectivity index (χ3v) is 4.61. The third-order valence-electron chi connectivity index (χ3n) is 3.67. The van der Waals surface area contributed by atoms with E-state index in [-0.39, 0.29) is 11.7 Å². The minimum absolute atomic E-state index is 0.0406. The summed E-state index contributed by atoms with van der Waals surface area (Å²) in [6.45, 7) is 2.50. The molecule has 0 aliphatic heterocycles. The SMILES string of the molecule is CCNC(=O)CSc1nnc(Cc2cccc3ccccc23)n1N. The lowest BCUT2D eigenvalue weighted by Crippen LogP contribution is -2.25. The number of nitrogens with two attached hydrogens (primary N) is 1. The number of thioether (sulfide) groups is 1. The van der Waals surface area contributed by atoms with E-state index >= 15 is 0 Å². The number of rotatable bonds is 6. The first-order valence-corrected chi connectivity index (χ1v) is 8.73. The van der Waals surface area contributed by atoms with Gasteiger partial charge in [-0.25, -0.2) is 4.68 Å². The van der Waals surface area contributed by atoms with Crippen LogP contribution in [0.25, 0.3) is 10.8 Å². The minimum atomic E-state index is -0.0406. The summed E-state index contributed by atoms with van der Waals surface area (Å²) in [5, 5.41) is 13.9. The predicted octanol–water partition coefficient (Wildman–Crippen LogP) is 1.96. The predicted molar refractivity (Wildman–Crippen MR) is 96.3 cm³/mol. The highest BCUT2D eigenvalue weighted by molar-refractivity contribution is 7.99. The van der Waals surface area contributed by atoms with Crippen molar-refractivity contribution in [2.75, 3.05) is 18.1 Å². The molecular formula is C17H19N5OS. The van der Waals surface area contributed by atoms with Crippen molar-refractivity contribution in [3.8, 4) is 0 Å². The first-order valence-electron chi connectivity index (χ1n) is 7.74. The van der Waals surface area contributed by atoms with Gasteiger partial charge < -0.3 is 11.2 Å². The molecule has 24 heavy (non-hydrogen) atoms. The fourth-order valence-corrected chi connectivity index (χ4v) is 3.23. The van der Waals surface area contributed by atoms with E-state index in [1.165, 1.54) is 27.2 Å². The first kappa shape index (κ1) is 16.3. The van der Waals surface area contributed by atoms with Crippen molar-refractivity contribution < 1.29 is 4.79 Å². The first-order chi connectivity index (χ1) is 11.7. The molecule has 0 saturated carbocycles. The molecular weight excluding hydrogens is 322 g/mol. The summed E-state index contributed by atoms with van der Waals surface area (Å²) in [5.74, 6) is 7.00. The molecule has 0 unspecified atom stereocenters. The Morgan fingerprint density at radius 3 is 2.83 bits per heavy atom. The molecule has 3 aromatic rings. The van der Waals surface area contributed by atoms with Gasteiger partial charge in [0.15, 0.2) is 5.82 Å². The van der Waals surface area contributed by atoms with Gasteiger partial charge in [-0.05, 0) is 23.3 Å². The second-order valence-corrected chi connectivity index (χ2v) is 6.27. The van der Waals surface area contributed by atoms with Crippen LogP contribution < -0.4 is 11.2 Å². The van der Waals surface area contributed by atoms with Crippen molar-refractivity contribution in [1.29, 1.82) is 0 Å².